The lowest BCUT2D eigenvalue weighted by molar-refractivity contribution is 0.0785. The normalized spacial score (nSPS) is 10.2. The van der Waals surface area contributed by atoms with E-state index in [2.05, 4.69) is 22.6 Å². The molecule has 0 atom stereocenters. The van der Waals surface area contributed by atoms with E-state index in [9.17, 15) is 9.90 Å². The van der Waals surface area contributed by atoms with Crippen LogP contribution in [-0.4, -0.2) is 23.0 Å². The van der Waals surface area contributed by atoms with Gasteiger partial charge in [0, 0.05) is 22.7 Å². The van der Waals surface area contributed by atoms with E-state index in [0.29, 0.717) is 12.1 Å². The van der Waals surface area contributed by atoms with Crippen LogP contribution in [0.2, 0.25) is 0 Å². The first kappa shape index (κ1) is 13.9. The molecular formula is C15H14INO2. The molecule has 0 saturated heterocycles. The highest BCUT2D eigenvalue weighted by molar-refractivity contribution is 14.1. The Morgan fingerprint density at radius 1 is 1.21 bits per heavy atom. The number of phenols is 1. The molecule has 1 amide bonds. The molecule has 3 nitrogen and oxygen atoms in total. The van der Waals surface area contributed by atoms with Crippen molar-refractivity contribution in [3.63, 3.8) is 0 Å². The summed E-state index contributed by atoms with van der Waals surface area (Å²) in [5.41, 5.74) is 1.67. The molecule has 0 fully saturated rings. The van der Waals surface area contributed by atoms with Crippen molar-refractivity contribution >= 4 is 28.5 Å². The summed E-state index contributed by atoms with van der Waals surface area (Å²) < 4.78 is 1.04. The van der Waals surface area contributed by atoms with Gasteiger partial charge in [-0.1, -0.05) is 18.2 Å². The van der Waals surface area contributed by atoms with Crippen LogP contribution in [-0.2, 0) is 6.54 Å². The number of hydrogen-bond acceptors (Lipinski definition) is 2. The van der Waals surface area contributed by atoms with Crippen molar-refractivity contribution in [1.82, 2.24) is 4.90 Å². The van der Waals surface area contributed by atoms with E-state index in [4.69, 9.17) is 0 Å². The Bertz CT molecular complexity index is 581. The van der Waals surface area contributed by atoms with Crippen LogP contribution < -0.4 is 0 Å². The molecule has 2 rings (SSSR count). The molecule has 2 aromatic rings. The highest BCUT2D eigenvalue weighted by atomic mass is 127. The zero-order valence-corrected chi connectivity index (χ0v) is 12.7. The molecule has 19 heavy (non-hydrogen) atoms. The summed E-state index contributed by atoms with van der Waals surface area (Å²) in [6.07, 6.45) is 0. The maximum absolute atomic E-state index is 12.2. The van der Waals surface area contributed by atoms with Crippen molar-refractivity contribution in [3.8, 4) is 5.75 Å². The highest BCUT2D eigenvalue weighted by Crippen LogP contribution is 2.14. The third-order valence-corrected chi connectivity index (χ3v) is 3.45. The third-order valence-electron chi connectivity index (χ3n) is 2.77. The molecule has 0 unspecified atom stereocenters. The van der Waals surface area contributed by atoms with Gasteiger partial charge in [0.25, 0.3) is 5.91 Å². The number of carbonyl (C=O) groups is 1. The molecule has 0 aromatic heterocycles. The van der Waals surface area contributed by atoms with E-state index < -0.39 is 0 Å². The molecule has 0 spiro atoms. The summed E-state index contributed by atoms with van der Waals surface area (Å²) in [6, 6.07) is 14.4. The molecule has 0 aliphatic rings. The monoisotopic (exact) mass is 367 g/mol. The average Bonchev–Trinajstić information content (AvgIpc) is 2.40. The molecule has 2 aromatic carbocycles. The lowest BCUT2D eigenvalue weighted by atomic mass is 10.1. The Balaban J connectivity index is 2.09. The first-order valence-electron chi connectivity index (χ1n) is 5.85. The Morgan fingerprint density at radius 3 is 2.53 bits per heavy atom. The molecule has 1 N–H and O–H groups in total. The van der Waals surface area contributed by atoms with E-state index in [1.165, 1.54) is 0 Å². The summed E-state index contributed by atoms with van der Waals surface area (Å²) in [5.74, 6) is 0.224. The minimum absolute atomic E-state index is 0.00779. The van der Waals surface area contributed by atoms with Crippen LogP contribution in [0.25, 0.3) is 0 Å². The van der Waals surface area contributed by atoms with Crippen molar-refractivity contribution < 1.29 is 9.90 Å². The van der Waals surface area contributed by atoms with Crippen molar-refractivity contribution in [1.29, 1.82) is 0 Å². The molecule has 0 aliphatic heterocycles. The van der Waals surface area contributed by atoms with Gasteiger partial charge in [-0.05, 0) is 58.5 Å². The van der Waals surface area contributed by atoms with Gasteiger partial charge in [0.05, 0.1) is 0 Å². The van der Waals surface area contributed by atoms with E-state index in [1.54, 1.807) is 24.1 Å². The standard InChI is InChI=1S/C15H14INO2/c1-17(10-11-5-7-14(18)8-6-11)15(19)12-3-2-4-13(16)9-12/h2-9,18H,10H2,1H3. The lowest BCUT2D eigenvalue weighted by Gasteiger charge is -2.17. The van der Waals surface area contributed by atoms with Crippen molar-refractivity contribution in [2.75, 3.05) is 7.05 Å². The van der Waals surface area contributed by atoms with Gasteiger partial charge in [-0.25, -0.2) is 0 Å². The van der Waals surface area contributed by atoms with E-state index in [1.807, 2.05) is 36.4 Å². The predicted molar refractivity (Wildman–Crippen MR) is 83.1 cm³/mol. The van der Waals surface area contributed by atoms with Crippen LogP contribution in [0.1, 0.15) is 15.9 Å². The topological polar surface area (TPSA) is 40.5 Å². The van der Waals surface area contributed by atoms with Gasteiger partial charge in [0.2, 0.25) is 0 Å². The zero-order chi connectivity index (χ0) is 13.8. The number of amides is 1. The smallest absolute Gasteiger partial charge is 0.253 e. The van der Waals surface area contributed by atoms with Crippen LogP contribution in [0.15, 0.2) is 48.5 Å². The van der Waals surface area contributed by atoms with Gasteiger partial charge in [0.1, 0.15) is 5.75 Å². The third kappa shape index (κ3) is 3.70. The summed E-state index contributed by atoms with van der Waals surface area (Å²) in [4.78, 5) is 13.9. The quantitative estimate of drug-likeness (QED) is 0.846. The van der Waals surface area contributed by atoms with Gasteiger partial charge < -0.3 is 10.0 Å². The molecule has 0 saturated carbocycles. The second-order valence-corrected chi connectivity index (χ2v) is 5.58. The van der Waals surface area contributed by atoms with Gasteiger partial charge in [-0.2, -0.15) is 0 Å². The van der Waals surface area contributed by atoms with Gasteiger partial charge in [0.15, 0.2) is 0 Å². The SMILES string of the molecule is CN(Cc1ccc(O)cc1)C(=O)c1cccc(I)c1. The van der Waals surface area contributed by atoms with Crippen molar-refractivity contribution in [2.24, 2.45) is 0 Å². The number of benzene rings is 2. The number of carbonyl (C=O) groups excluding carboxylic acids is 1. The van der Waals surface area contributed by atoms with Crippen molar-refractivity contribution in [3.05, 3.63) is 63.2 Å². The van der Waals surface area contributed by atoms with Crippen LogP contribution in [0.5, 0.6) is 5.75 Å². The van der Waals surface area contributed by atoms with Gasteiger partial charge in [-0.15, -0.1) is 0 Å². The molecular weight excluding hydrogens is 353 g/mol. The number of aromatic hydroxyl groups is 1. The summed E-state index contributed by atoms with van der Waals surface area (Å²) in [5, 5.41) is 9.23. The summed E-state index contributed by atoms with van der Waals surface area (Å²) in [6.45, 7) is 0.518. The molecule has 0 aliphatic carbocycles. The lowest BCUT2D eigenvalue weighted by Crippen LogP contribution is -2.26. The number of nitrogens with zero attached hydrogens (tertiary/aromatic N) is 1. The summed E-state index contributed by atoms with van der Waals surface area (Å²) in [7, 11) is 1.77. The second-order valence-electron chi connectivity index (χ2n) is 4.34. The van der Waals surface area contributed by atoms with E-state index in [0.717, 1.165) is 9.13 Å². The molecule has 98 valence electrons. The van der Waals surface area contributed by atoms with Crippen LogP contribution in [0.4, 0.5) is 0 Å². The minimum Gasteiger partial charge on any atom is -0.508 e. The molecule has 4 heteroatoms. The van der Waals surface area contributed by atoms with Crippen LogP contribution in [0, 0.1) is 3.57 Å². The molecule has 0 radical (unpaired) electrons. The first-order valence-corrected chi connectivity index (χ1v) is 6.93. The zero-order valence-electron chi connectivity index (χ0n) is 10.5. The number of halogens is 1. The largest absolute Gasteiger partial charge is 0.508 e. The Hall–Kier alpha value is -1.56. The maximum Gasteiger partial charge on any atom is 0.253 e. The average molecular weight is 367 g/mol. The van der Waals surface area contributed by atoms with E-state index in [-0.39, 0.29) is 11.7 Å². The van der Waals surface area contributed by atoms with Gasteiger partial charge >= 0.3 is 0 Å². The molecule has 0 bridgehead atoms. The second kappa shape index (κ2) is 6.06. The van der Waals surface area contributed by atoms with E-state index >= 15 is 0 Å². The van der Waals surface area contributed by atoms with Crippen molar-refractivity contribution in [2.45, 2.75) is 6.54 Å². The number of rotatable bonds is 3. The fourth-order valence-corrected chi connectivity index (χ4v) is 2.33. The fraction of sp³-hybridized carbons (Fsp3) is 0.133. The van der Waals surface area contributed by atoms with Crippen LogP contribution >= 0.6 is 22.6 Å². The number of hydrogen-bond donors (Lipinski definition) is 1. The molecule has 0 heterocycles. The summed E-state index contributed by atoms with van der Waals surface area (Å²) >= 11 is 2.19. The maximum atomic E-state index is 12.2. The number of phenolic OH excluding ortho intramolecular Hbond substituents is 1. The minimum atomic E-state index is -0.00779. The van der Waals surface area contributed by atoms with Crippen LogP contribution in [0.3, 0.4) is 0 Å². The first-order chi connectivity index (χ1) is 9.06. The highest BCUT2D eigenvalue weighted by Gasteiger charge is 2.12. The Morgan fingerprint density at radius 2 is 1.89 bits per heavy atom. The fourth-order valence-electron chi connectivity index (χ4n) is 1.79. The Labute approximate surface area is 126 Å². The van der Waals surface area contributed by atoms with Gasteiger partial charge in [-0.3, -0.25) is 4.79 Å². The Kier molecular flexibility index (Phi) is 4.42. The predicted octanol–water partition coefficient (Wildman–Crippen LogP) is 3.27.